The Balaban J connectivity index is 2.88. The van der Waals surface area contributed by atoms with Gasteiger partial charge in [-0.05, 0) is 0 Å². The molecule has 10 heavy (non-hydrogen) atoms. The molecule has 0 unspecified atom stereocenters. The molecular formula is C6H5N3O. The monoisotopic (exact) mass is 135 g/mol. The molecule has 0 saturated heterocycles. The highest BCUT2D eigenvalue weighted by Crippen LogP contribution is 2.13. The van der Waals surface area contributed by atoms with Crippen molar-refractivity contribution in [3.05, 3.63) is 18.3 Å². The summed E-state index contributed by atoms with van der Waals surface area (Å²) in [6.45, 7) is 0. The summed E-state index contributed by atoms with van der Waals surface area (Å²) >= 11 is 0. The van der Waals surface area contributed by atoms with Gasteiger partial charge in [0.25, 0.3) is 0 Å². The van der Waals surface area contributed by atoms with Crippen molar-refractivity contribution in [3.8, 4) is 0 Å². The second-order valence-electron chi connectivity index (χ2n) is 1.91. The summed E-state index contributed by atoms with van der Waals surface area (Å²) < 4.78 is 4.99. The Morgan fingerprint density at radius 1 is 1.70 bits per heavy atom. The number of H-pyrrole nitrogens is 1. The quantitative estimate of drug-likeness (QED) is 0.576. The van der Waals surface area contributed by atoms with E-state index in [1.165, 1.54) is 12.6 Å². The Bertz CT molecular complexity index is 360. The lowest BCUT2D eigenvalue weighted by molar-refractivity contribution is 0.600. The van der Waals surface area contributed by atoms with Crippen LogP contribution in [0.15, 0.2) is 17.0 Å². The van der Waals surface area contributed by atoms with Crippen molar-refractivity contribution in [2.45, 2.75) is 0 Å². The van der Waals surface area contributed by atoms with Gasteiger partial charge in [0.15, 0.2) is 12.0 Å². The molecule has 0 aliphatic carbocycles. The van der Waals surface area contributed by atoms with Gasteiger partial charge in [0.2, 0.25) is 0 Å². The smallest absolute Gasteiger partial charge is 0.182 e. The maximum absolute atomic E-state index is 6.94. The van der Waals surface area contributed by atoms with Crippen LogP contribution < -0.4 is 0 Å². The SMILES string of the molecule is N=Cc1[nH]cc2ncoc12. The molecule has 0 aromatic carbocycles. The lowest BCUT2D eigenvalue weighted by Gasteiger charge is -1.78. The summed E-state index contributed by atoms with van der Waals surface area (Å²) in [5, 5.41) is 6.94. The van der Waals surface area contributed by atoms with Gasteiger partial charge in [-0.25, -0.2) is 4.98 Å². The molecule has 2 N–H and O–H groups in total. The third-order valence-electron chi connectivity index (χ3n) is 1.35. The molecule has 4 heteroatoms. The Hall–Kier alpha value is -1.58. The normalized spacial score (nSPS) is 10.4. The first-order valence-electron chi connectivity index (χ1n) is 2.83. The highest BCUT2D eigenvalue weighted by atomic mass is 16.3. The van der Waals surface area contributed by atoms with E-state index in [1.807, 2.05) is 0 Å². The third kappa shape index (κ3) is 0.500. The minimum atomic E-state index is 0.648. The Morgan fingerprint density at radius 3 is 3.40 bits per heavy atom. The van der Waals surface area contributed by atoms with Crippen LogP contribution >= 0.6 is 0 Å². The number of aromatic nitrogens is 2. The van der Waals surface area contributed by atoms with E-state index < -0.39 is 0 Å². The van der Waals surface area contributed by atoms with Gasteiger partial charge in [-0.2, -0.15) is 0 Å². The van der Waals surface area contributed by atoms with E-state index in [9.17, 15) is 0 Å². The molecule has 0 aliphatic rings. The van der Waals surface area contributed by atoms with Crippen molar-refractivity contribution in [1.82, 2.24) is 9.97 Å². The fourth-order valence-electron chi connectivity index (χ4n) is 0.878. The Kier molecular flexibility index (Phi) is 0.887. The van der Waals surface area contributed by atoms with Gasteiger partial charge in [-0.1, -0.05) is 0 Å². The topological polar surface area (TPSA) is 65.7 Å². The molecule has 0 saturated carbocycles. The molecule has 2 rings (SSSR count). The predicted octanol–water partition coefficient (Wildman–Crippen LogP) is 1.15. The van der Waals surface area contributed by atoms with Crippen molar-refractivity contribution in [2.75, 3.05) is 0 Å². The van der Waals surface area contributed by atoms with E-state index in [0.717, 1.165) is 5.52 Å². The molecular weight excluding hydrogens is 130 g/mol. The fourth-order valence-corrected chi connectivity index (χ4v) is 0.878. The largest absolute Gasteiger partial charge is 0.441 e. The molecule has 2 aromatic rings. The molecule has 0 aliphatic heterocycles. The summed E-state index contributed by atoms with van der Waals surface area (Å²) in [4.78, 5) is 6.73. The maximum atomic E-state index is 6.94. The number of hydrogen-bond acceptors (Lipinski definition) is 3. The summed E-state index contributed by atoms with van der Waals surface area (Å²) in [5.41, 5.74) is 2.07. The first-order chi connectivity index (χ1) is 4.92. The second-order valence-corrected chi connectivity index (χ2v) is 1.91. The van der Waals surface area contributed by atoms with Gasteiger partial charge in [-0.3, -0.25) is 0 Å². The zero-order valence-electron chi connectivity index (χ0n) is 5.09. The number of nitrogens with zero attached hydrogens (tertiary/aromatic N) is 1. The maximum Gasteiger partial charge on any atom is 0.182 e. The van der Waals surface area contributed by atoms with Crippen molar-refractivity contribution in [1.29, 1.82) is 5.41 Å². The van der Waals surface area contributed by atoms with Crippen LogP contribution in [0.25, 0.3) is 11.1 Å². The van der Waals surface area contributed by atoms with Gasteiger partial charge in [0, 0.05) is 12.4 Å². The molecule has 2 heterocycles. The summed E-state index contributed by atoms with van der Waals surface area (Å²) in [7, 11) is 0. The predicted molar refractivity (Wildman–Crippen MR) is 36.2 cm³/mol. The summed E-state index contributed by atoms with van der Waals surface area (Å²) in [5.74, 6) is 0. The Morgan fingerprint density at radius 2 is 2.60 bits per heavy atom. The van der Waals surface area contributed by atoms with Crippen LogP contribution in [0.5, 0.6) is 0 Å². The molecule has 2 aromatic heterocycles. The van der Waals surface area contributed by atoms with Gasteiger partial charge in [0.05, 0.1) is 0 Å². The third-order valence-corrected chi connectivity index (χ3v) is 1.35. The van der Waals surface area contributed by atoms with Crippen molar-refractivity contribution < 1.29 is 4.42 Å². The van der Waals surface area contributed by atoms with E-state index in [-0.39, 0.29) is 0 Å². The van der Waals surface area contributed by atoms with Gasteiger partial charge < -0.3 is 14.8 Å². The first-order valence-corrected chi connectivity index (χ1v) is 2.83. The highest BCUT2D eigenvalue weighted by Gasteiger charge is 2.03. The van der Waals surface area contributed by atoms with Crippen molar-refractivity contribution in [3.63, 3.8) is 0 Å². The highest BCUT2D eigenvalue weighted by molar-refractivity contribution is 5.92. The lowest BCUT2D eigenvalue weighted by Crippen LogP contribution is -1.75. The number of oxazole rings is 1. The van der Waals surface area contributed by atoms with Crippen LogP contribution in [0.2, 0.25) is 0 Å². The molecule has 0 atom stereocenters. The second kappa shape index (κ2) is 1.70. The zero-order valence-corrected chi connectivity index (χ0v) is 5.09. The lowest BCUT2D eigenvalue weighted by atomic mass is 10.4. The molecule has 0 amide bonds. The minimum absolute atomic E-state index is 0.648. The number of nitrogens with one attached hydrogen (secondary N) is 2. The van der Waals surface area contributed by atoms with E-state index in [1.54, 1.807) is 6.20 Å². The van der Waals surface area contributed by atoms with E-state index in [2.05, 4.69) is 9.97 Å². The van der Waals surface area contributed by atoms with E-state index in [4.69, 9.17) is 9.83 Å². The van der Waals surface area contributed by atoms with Crippen LogP contribution in [0.4, 0.5) is 0 Å². The van der Waals surface area contributed by atoms with Crippen molar-refractivity contribution in [2.24, 2.45) is 0 Å². The minimum Gasteiger partial charge on any atom is -0.441 e. The molecule has 0 fully saturated rings. The molecule has 0 radical (unpaired) electrons. The molecule has 0 spiro atoms. The van der Waals surface area contributed by atoms with E-state index >= 15 is 0 Å². The van der Waals surface area contributed by atoms with Crippen LogP contribution in [-0.4, -0.2) is 16.2 Å². The average molecular weight is 135 g/mol. The van der Waals surface area contributed by atoms with E-state index in [0.29, 0.717) is 11.3 Å². The zero-order chi connectivity index (χ0) is 6.97. The number of rotatable bonds is 1. The summed E-state index contributed by atoms with van der Waals surface area (Å²) in [6.07, 6.45) is 4.28. The standard InChI is InChI=1S/C6H5N3O/c7-1-4-6-5(2-8-4)9-3-10-6/h1-3,7-8H. The first kappa shape index (κ1) is 5.22. The van der Waals surface area contributed by atoms with Crippen molar-refractivity contribution >= 4 is 17.3 Å². The molecule has 4 nitrogen and oxygen atoms in total. The van der Waals surface area contributed by atoms with Gasteiger partial charge in [-0.15, -0.1) is 0 Å². The number of hydrogen-bond donors (Lipinski definition) is 2. The van der Waals surface area contributed by atoms with Gasteiger partial charge >= 0.3 is 0 Å². The van der Waals surface area contributed by atoms with Crippen LogP contribution in [-0.2, 0) is 0 Å². The van der Waals surface area contributed by atoms with Gasteiger partial charge in [0.1, 0.15) is 11.2 Å². The average Bonchev–Trinajstić information content (AvgIpc) is 2.44. The fraction of sp³-hybridized carbons (Fsp3) is 0. The number of fused-ring (bicyclic) bond motifs is 1. The molecule has 50 valence electrons. The van der Waals surface area contributed by atoms with Crippen LogP contribution in [0.1, 0.15) is 5.69 Å². The summed E-state index contributed by atoms with van der Waals surface area (Å²) in [6, 6.07) is 0. The Labute approximate surface area is 56.4 Å². The number of aromatic amines is 1. The van der Waals surface area contributed by atoms with Crippen LogP contribution in [0.3, 0.4) is 0 Å². The molecule has 0 bridgehead atoms. The van der Waals surface area contributed by atoms with Crippen LogP contribution in [0, 0.1) is 5.41 Å².